The molecule has 34 heavy (non-hydrogen) atoms. The number of methoxy groups -OCH3 is 1. The summed E-state index contributed by atoms with van der Waals surface area (Å²) in [7, 11) is 3.25. The van der Waals surface area contributed by atoms with Crippen molar-refractivity contribution in [2.24, 2.45) is 0 Å². The number of amides is 1. The number of aromatic hydroxyl groups is 1. The van der Waals surface area contributed by atoms with Crippen molar-refractivity contribution >= 4 is 5.91 Å². The molecule has 186 valence electrons. The number of aryl methyl sites for hydroxylation is 1. The Morgan fingerprint density at radius 1 is 1.29 bits per heavy atom. The largest absolute Gasteiger partial charge is 0.503 e. The van der Waals surface area contributed by atoms with Gasteiger partial charge in [-0.25, -0.2) is 4.39 Å². The molecule has 0 bridgehead atoms. The highest BCUT2D eigenvalue weighted by molar-refractivity contribution is 5.94. The number of nitrogens with one attached hydrogen (secondary N) is 1. The fourth-order valence-electron chi connectivity index (χ4n) is 3.52. The van der Waals surface area contributed by atoms with Gasteiger partial charge in [0.1, 0.15) is 11.4 Å². The molecule has 3 rings (SSSR count). The molecular formula is C26H36FN3O4. The molecule has 1 fully saturated rings. The van der Waals surface area contributed by atoms with Gasteiger partial charge in [-0.1, -0.05) is 17.7 Å². The molecule has 1 aliphatic carbocycles. The molecule has 1 saturated carbocycles. The summed E-state index contributed by atoms with van der Waals surface area (Å²) in [6, 6.07) is 4.75. The zero-order chi connectivity index (χ0) is 25.3. The molecule has 0 unspecified atom stereocenters. The summed E-state index contributed by atoms with van der Waals surface area (Å²) in [5, 5.41) is 12.9. The van der Waals surface area contributed by atoms with Gasteiger partial charge in [-0.3, -0.25) is 9.59 Å². The molecule has 1 amide bonds. The number of ether oxygens (including phenoxy) is 1. The Morgan fingerprint density at radius 2 is 1.97 bits per heavy atom. The normalized spacial score (nSPS) is 12.4. The van der Waals surface area contributed by atoms with Gasteiger partial charge < -0.3 is 24.6 Å². The highest BCUT2D eigenvalue weighted by atomic mass is 19.1. The second-order valence-electron chi connectivity index (χ2n) is 8.45. The number of pyridine rings is 1. The minimum absolute atomic E-state index is 0.0454. The number of nitrogens with zero attached hydrogens (tertiary/aromatic N) is 2. The summed E-state index contributed by atoms with van der Waals surface area (Å²) in [6.45, 7) is 7.53. The molecule has 8 heteroatoms. The SMILES string of the molecule is CCN(C=C1CCC1)CCn1cc(C(=O)NCc2ccc(C)cc2F)c(=O)c(O)c1C.COC. The van der Waals surface area contributed by atoms with Gasteiger partial charge in [-0.2, -0.15) is 0 Å². The maximum Gasteiger partial charge on any atom is 0.257 e. The molecule has 0 spiro atoms. The highest BCUT2D eigenvalue weighted by Gasteiger charge is 2.18. The van der Waals surface area contributed by atoms with Crippen LogP contribution in [0.1, 0.15) is 53.4 Å². The standard InChI is InChI=1S/C24H30FN3O3.C2H6O/c1-4-27(14-18-6-5-7-18)10-11-28-15-20(23(30)22(29)17(28)3)24(31)26-13-19-9-8-16(2)12-21(19)25;1-3-2/h8-9,12,14-15,29H,4-7,10-11,13H2,1-3H3,(H,26,31);1-2H3. The van der Waals surface area contributed by atoms with Crippen molar-refractivity contribution in [2.45, 2.75) is 53.1 Å². The first-order chi connectivity index (χ1) is 16.2. The number of carbonyl (C=O) groups is 1. The van der Waals surface area contributed by atoms with Crippen LogP contribution in [0.4, 0.5) is 4.39 Å². The fraction of sp³-hybridized carbons (Fsp3) is 0.462. The van der Waals surface area contributed by atoms with E-state index in [-0.39, 0.29) is 12.1 Å². The van der Waals surface area contributed by atoms with Crippen molar-refractivity contribution in [1.82, 2.24) is 14.8 Å². The molecule has 1 aromatic heterocycles. The predicted molar refractivity (Wildman–Crippen MR) is 132 cm³/mol. The molecule has 2 N–H and O–H groups in total. The van der Waals surface area contributed by atoms with Crippen molar-refractivity contribution in [1.29, 1.82) is 0 Å². The first kappa shape index (κ1) is 27.1. The molecule has 1 heterocycles. The van der Waals surface area contributed by atoms with E-state index in [0.29, 0.717) is 24.3 Å². The molecule has 1 aliphatic rings. The number of likely N-dealkylation sites (N-methyl/N-ethyl adjacent to an activating group) is 1. The first-order valence-corrected chi connectivity index (χ1v) is 11.5. The summed E-state index contributed by atoms with van der Waals surface area (Å²) in [4.78, 5) is 27.3. The van der Waals surface area contributed by atoms with Crippen molar-refractivity contribution in [3.63, 3.8) is 0 Å². The van der Waals surface area contributed by atoms with Crippen LogP contribution >= 0.6 is 0 Å². The van der Waals surface area contributed by atoms with Gasteiger partial charge >= 0.3 is 0 Å². The summed E-state index contributed by atoms with van der Waals surface area (Å²) >= 11 is 0. The zero-order valence-electron chi connectivity index (χ0n) is 20.8. The minimum Gasteiger partial charge on any atom is -0.503 e. The van der Waals surface area contributed by atoms with Gasteiger partial charge in [0.15, 0.2) is 5.75 Å². The van der Waals surface area contributed by atoms with E-state index < -0.39 is 22.9 Å². The van der Waals surface area contributed by atoms with Gasteiger partial charge in [0.25, 0.3) is 5.91 Å². The number of aromatic nitrogens is 1. The average molecular weight is 474 g/mol. The van der Waals surface area contributed by atoms with Crippen molar-refractivity contribution in [2.75, 3.05) is 27.3 Å². The number of hydrogen-bond acceptors (Lipinski definition) is 5. The van der Waals surface area contributed by atoms with E-state index in [2.05, 4.69) is 28.1 Å². The van der Waals surface area contributed by atoms with Crippen LogP contribution in [0.25, 0.3) is 0 Å². The fourth-order valence-corrected chi connectivity index (χ4v) is 3.52. The highest BCUT2D eigenvalue weighted by Crippen LogP contribution is 2.25. The number of carbonyl (C=O) groups excluding carboxylic acids is 1. The van der Waals surface area contributed by atoms with Crippen LogP contribution in [-0.2, 0) is 17.8 Å². The Kier molecular flexibility index (Phi) is 10.3. The predicted octanol–water partition coefficient (Wildman–Crippen LogP) is 3.89. The van der Waals surface area contributed by atoms with Gasteiger partial charge in [-0.15, -0.1) is 0 Å². The van der Waals surface area contributed by atoms with E-state index in [1.807, 2.05) is 0 Å². The second kappa shape index (κ2) is 12.9. The van der Waals surface area contributed by atoms with Crippen LogP contribution in [0.2, 0.25) is 0 Å². The Morgan fingerprint density at radius 3 is 2.53 bits per heavy atom. The van der Waals surface area contributed by atoms with E-state index in [0.717, 1.165) is 24.9 Å². The summed E-state index contributed by atoms with van der Waals surface area (Å²) in [5.74, 6) is -1.49. The third-order valence-corrected chi connectivity index (χ3v) is 5.81. The molecule has 0 saturated heterocycles. The van der Waals surface area contributed by atoms with Crippen LogP contribution in [0.3, 0.4) is 0 Å². The number of halogens is 1. The maximum absolute atomic E-state index is 14.0. The van der Waals surface area contributed by atoms with Crippen LogP contribution in [0.15, 0.2) is 41.0 Å². The van der Waals surface area contributed by atoms with E-state index >= 15 is 0 Å². The van der Waals surface area contributed by atoms with E-state index in [4.69, 9.17) is 0 Å². The van der Waals surface area contributed by atoms with Gasteiger partial charge in [0, 0.05) is 52.2 Å². The van der Waals surface area contributed by atoms with E-state index in [9.17, 15) is 19.1 Å². The lowest BCUT2D eigenvalue weighted by atomic mass is 9.93. The second-order valence-corrected chi connectivity index (χ2v) is 8.45. The third-order valence-electron chi connectivity index (χ3n) is 5.81. The lowest BCUT2D eigenvalue weighted by molar-refractivity contribution is 0.0948. The molecule has 7 nitrogen and oxygen atoms in total. The van der Waals surface area contributed by atoms with Crippen LogP contribution < -0.4 is 10.7 Å². The number of rotatable bonds is 8. The number of allylic oxidation sites excluding steroid dienone is 1. The van der Waals surface area contributed by atoms with Crippen molar-refractivity contribution < 1.29 is 19.0 Å². The topological polar surface area (TPSA) is 83.8 Å². The lowest BCUT2D eigenvalue weighted by Gasteiger charge is -2.25. The smallest absolute Gasteiger partial charge is 0.257 e. The van der Waals surface area contributed by atoms with Crippen molar-refractivity contribution in [3.8, 4) is 5.75 Å². The number of benzene rings is 1. The average Bonchev–Trinajstić information content (AvgIpc) is 2.77. The Hall–Kier alpha value is -3.13. The quantitative estimate of drug-likeness (QED) is 0.608. The molecule has 0 radical (unpaired) electrons. The van der Waals surface area contributed by atoms with E-state index in [1.54, 1.807) is 44.8 Å². The maximum atomic E-state index is 14.0. The Balaban J connectivity index is 0.00000129. The zero-order valence-corrected chi connectivity index (χ0v) is 20.8. The van der Waals surface area contributed by atoms with E-state index in [1.165, 1.54) is 24.3 Å². The van der Waals surface area contributed by atoms with Crippen molar-refractivity contribution in [3.05, 3.63) is 74.6 Å². The molecule has 1 aromatic carbocycles. The molecule has 0 atom stereocenters. The molecular weight excluding hydrogens is 437 g/mol. The molecule has 2 aromatic rings. The van der Waals surface area contributed by atoms with Gasteiger partial charge in [0.05, 0.1) is 5.69 Å². The van der Waals surface area contributed by atoms with Crippen LogP contribution in [0.5, 0.6) is 5.75 Å². The Bertz CT molecular complexity index is 1070. The lowest BCUT2D eigenvalue weighted by Crippen LogP contribution is -2.31. The van der Waals surface area contributed by atoms with Gasteiger partial charge in [-0.05, 0) is 57.9 Å². The van der Waals surface area contributed by atoms with Gasteiger partial charge in [0.2, 0.25) is 5.43 Å². The Labute approximate surface area is 200 Å². The minimum atomic E-state index is -0.723. The summed E-state index contributed by atoms with van der Waals surface area (Å²) in [6.07, 6.45) is 7.18. The molecule has 0 aliphatic heterocycles. The van der Waals surface area contributed by atoms with Crippen LogP contribution in [-0.4, -0.2) is 47.8 Å². The summed E-state index contributed by atoms with van der Waals surface area (Å²) in [5.41, 5.74) is 2.09. The van der Waals surface area contributed by atoms with Crippen LogP contribution in [0, 0.1) is 19.7 Å². The number of hydrogen-bond donors (Lipinski definition) is 2. The first-order valence-electron chi connectivity index (χ1n) is 11.5. The monoisotopic (exact) mass is 473 g/mol. The summed E-state index contributed by atoms with van der Waals surface area (Å²) < 4.78 is 20.0. The third kappa shape index (κ3) is 7.18.